The normalized spacial score (nSPS) is 10.5. The van der Waals surface area contributed by atoms with Crippen LogP contribution in [0.1, 0.15) is 23.7 Å². The minimum Gasteiger partial charge on any atom is -0.382 e. The van der Waals surface area contributed by atoms with Crippen LogP contribution in [0.2, 0.25) is 0 Å². The van der Waals surface area contributed by atoms with Gasteiger partial charge in [0.15, 0.2) is 5.82 Å². The molecule has 1 aromatic heterocycles. The van der Waals surface area contributed by atoms with Crippen LogP contribution < -0.4 is 11.5 Å². The maximum absolute atomic E-state index is 5.74. The molecule has 4 N–H and O–H groups in total. The van der Waals surface area contributed by atoms with E-state index in [1.54, 1.807) is 0 Å². The molecule has 1 aromatic carbocycles. The minimum atomic E-state index is 0.114. The van der Waals surface area contributed by atoms with E-state index in [1.165, 1.54) is 11.1 Å². The Morgan fingerprint density at radius 1 is 0.944 bits per heavy atom. The van der Waals surface area contributed by atoms with Gasteiger partial charge in [-0.25, -0.2) is 0 Å². The number of nitrogens with two attached hydrogens (primary N) is 2. The minimum absolute atomic E-state index is 0.114. The molecule has 0 saturated carbocycles. The van der Waals surface area contributed by atoms with Gasteiger partial charge in [-0.2, -0.15) is 4.98 Å². The smallest absolute Gasteiger partial charge is 0.242 e. The summed E-state index contributed by atoms with van der Waals surface area (Å²) < 4.78 is 0. The van der Waals surface area contributed by atoms with Crippen molar-refractivity contribution in [2.24, 2.45) is 0 Å². The number of hydrogen-bond acceptors (Lipinski definition) is 5. The Hall–Kier alpha value is -2.17. The molecule has 0 radical (unpaired) electrons. The van der Waals surface area contributed by atoms with Crippen molar-refractivity contribution in [1.82, 2.24) is 15.2 Å². The SMILES string of the molecule is CCc1ccc(CCc2nnc(N)nc2N)cc1. The maximum atomic E-state index is 5.74. The number of benzene rings is 1. The summed E-state index contributed by atoms with van der Waals surface area (Å²) in [6, 6.07) is 8.55. The molecule has 0 aliphatic heterocycles. The van der Waals surface area contributed by atoms with E-state index in [0.29, 0.717) is 11.5 Å². The van der Waals surface area contributed by atoms with Gasteiger partial charge in [-0.15, -0.1) is 10.2 Å². The zero-order chi connectivity index (χ0) is 13.0. The van der Waals surface area contributed by atoms with Crippen LogP contribution in [0.4, 0.5) is 11.8 Å². The van der Waals surface area contributed by atoms with Gasteiger partial charge in [0.1, 0.15) is 5.69 Å². The van der Waals surface area contributed by atoms with Gasteiger partial charge < -0.3 is 11.5 Å². The van der Waals surface area contributed by atoms with Crippen LogP contribution in [0.25, 0.3) is 0 Å². The predicted molar refractivity (Wildman–Crippen MR) is 71.9 cm³/mol. The molecule has 0 amide bonds. The molecule has 2 aromatic rings. The summed E-state index contributed by atoms with van der Waals surface area (Å²) in [5.41, 5.74) is 14.4. The van der Waals surface area contributed by atoms with Crippen molar-refractivity contribution in [3.8, 4) is 0 Å². The second-order valence-electron chi connectivity index (χ2n) is 4.17. The second-order valence-corrected chi connectivity index (χ2v) is 4.17. The second kappa shape index (κ2) is 5.44. The lowest BCUT2D eigenvalue weighted by atomic mass is 10.1. The lowest BCUT2D eigenvalue weighted by Crippen LogP contribution is -2.08. The number of aryl methyl sites for hydroxylation is 3. The van der Waals surface area contributed by atoms with E-state index in [2.05, 4.69) is 46.4 Å². The summed E-state index contributed by atoms with van der Waals surface area (Å²) in [6.07, 6.45) is 2.65. The molecule has 5 nitrogen and oxygen atoms in total. The third-order valence-electron chi connectivity index (χ3n) is 2.89. The van der Waals surface area contributed by atoms with Crippen molar-refractivity contribution >= 4 is 11.8 Å². The number of aromatic nitrogens is 3. The van der Waals surface area contributed by atoms with Crippen LogP contribution in [-0.2, 0) is 19.3 Å². The van der Waals surface area contributed by atoms with E-state index < -0.39 is 0 Å². The van der Waals surface area contributed by atoms with Crippen LogP contribution in [0.5, 0.6) is 0 Å². The molecular weight excluding hydrogens is 226 g/mol. The Labute approximate surface area is 106 Å². The van der Waals surface area contributed by atoms with Crippen molar-refractivity contribution in [1.29, 1.82) is 0 Å². The summed E-state index contributed by atoms with van der Waals surface area (Å²) in [6.45, 7) is 2.14. The monoisotopic (exact) mass is 243 g/mol. The van der Waals surface area contributed by atoms with Gasteiger partial charge in [0, 0.05) is 0 Å². The Morgan fingerprint density at radius 2 is 1.61 bits per heavy atom. The van der Waals surface area contributed by atoms with Crippen molar-refractivity contribution < 1.29 is 0 Å². The number of nitrogens with zero attached hydrogens (tertiary/aromatic N) is 3. The summed E-state index contributed by atoms with van der Waals surface area (Å²) in [7, 11) is 0. The largest absolute Gasteiger partial charge is 0.382 e. The van der Waals surface area contributed by atoms with Gasteiger partial charge in [0.25, 0.3) is 0 Å². The first-order chi connectivity index (χ1) is 8.69. The summed E-state index contributed by atoms with van der Waals surface area (Å²) >= 11 is 0. The Kier molecular flexibility index (Phi) is 3.72. The fourth-order valence-electron chi connectivity index (χ4n) is 1.76. The van der Waals surface area contributed by atoms with Crippen LogP contribution in [-0.4, -0.2) is 15.2 Å². The standard InChI is InChI=1S/C13H17N5/c1-2-9-3-5-10(6-4-9)7-8-11-12(14)16-13(15)18-17-11/h3-6H,2,7-8H2,1H3,(H4,14,15,16,18). The molecule has 18 heavy (non-hydrogen) atoms. The molecule has 0 atom stereocenters. The Balaban J connectivity index is 2.02. The highest BCUT2D eigenvalue weighted by Gasteiger charge is 2.05. The quantitative estimate of drug-likeness (QED) is 0.846. The van der Waals surface area contributed by atoms with E-state index in [9.17, 15) is 0 Å². The molecule has 0 spiro atoms. The summed E-state index contributed by atoms with van der Waals surface area (Å²) in [5, 5.41) is 7.68. The van der Waals surface area contributed by atoms with Gasteiger partial charge >= 0.3 is 0 Å². The molecule has 1 heterocycles. The Morgan fingerprint density at radius 3 is 2.22 bits per heavy atom. The maximum Gasteiger partial charge on any atom is 0.242 e. The van der Waals surface area contributed by atoms with Crippen molar-refractivity contribution in [2.45, 2.75) is 26.2 Å². The molecular formula is C13H17N5. The third kappa shape index (κ3) is 2.94. The zero-order valence-electron chi connectivity index (χ0n) is 10.4. The molecule has 0 saturated heterocycles. The summed E-state index contributed by atoms with van der Waals surface area (Å²) in [4.78, 5) is 3.90. The highest BCUT2D eigenvalue weighted by Crippen LogP contribution is 2.11. The van der Waals surface area contributed by atoms with Crippen molar-refractivity contribution in [3.05, 3.63) is 41.1 Å². The molecule has 2 rings (SSSR count). The number of anilines is 2. The van der Waals surface area contributed by atoms with Gasteiger partial charge in [0.05, 0.1) is 0 Å². The first-order valence-corrected chi connectivity index (χ1v) is 6.01. The zero-order valence-corrected chi connectivity index (χ0v) is 10.4. The number of nitrogen functional groups attached to an aromatic ring is 2. The number of rotatable bonds is 4. The molecule has 0 aliphatic carbocycles. The molecule has 5 heteroatoms. The van der Waals surface area contributed by atoms with E-state index in [-0.39, 0.29) is 5.95 Å². The average Bonchev–Trinajstić information content (AvgIpc) is 2.38. The van der Waals surface area contributed by atoms with E-state index in [1.807, 2.05) is 0 Å². The van der Waals surface area contributed by atoms with E-state index in [0.717, 1.165) is 19.3 Å². The molecule has 0 bridgehead atoms. The van der Waals surface area contributed by atoms with Crippen LogP contribution in [0, 0.1) is 0 Å². The summed E-state index contributed by atoms with van der Waals surface area (Å²) in [5.74, 6) is 0.483. The van der Waals surface area contributed by atoms with E-state index >= 15 is 0 Å². The lowest BCUT2D eigenvalue weighted by molar-refractivity contribution is 0.846. The Bertz CT molecular complexity index is 521. The van der Waals surface area contributed by atoms with Gasteiger partial charge in [-0.3, -0.25) is 0 Å². The van der Waals surface area contributed by atoms with Crippen molar-refractivity contribution in [3.63, 3.8) is 0 Å². The van der Waals surface area contributed by atoms with Crippen LogP contribution in [0.3, 0.4) is 0 Å². The topological polar surface area (TPSA) is 90.7 Å². The van der Waals surface area contributed by atoms with E-state index in [4.69, 9.17) is 11.5 Å². The molecule has 0 unspecified atom stereocenters. The van der Waals surface area contributed by atoms with Crippen LogP contribution >= 0.6 is 0 Å². The predicted octanol–water partition coefficient (Wildman–Crippen LogP) is 1.38. The van der Waals surface area contributed by atoms with Gasteiger partial charge in [-0.1, -0.05) is 31.2 Å². The van der Waals surface area contributed by atoms with Gasteiger partial charge in [-0.05, 0) is 30.4 Å². The van der Waals surface area contributed by atoms with Gasteiger partial charge in [0.2, 0.25) is 5.95 Å². The lowest BCUT2D eigenvalue weighted by Gasteiger charge is -2.04. The molecule has 0 aliphatic rings. The number of hydrogen-bond donors (Lipinski definition) is 2. The third-order valence-corrected chi connectivity index (χ3v) is 2.89. The van der Waals surface area contributed by atoms with Crippen LogP contribution in [0.15, 0.2) is 24.3 Å². The average molecular weight is 243 g/mol. The highest BCUT2D eigenvalue weighted by molar-refractivity contribution is 5.37. The highest BCUT2D eigenvalue weighted by atomic mass is 15.2. The molecule has 0 fully saturated rings. The first-order valence-electron chi connectivity index (χ1n) is 6.01. The fourth-order valence-corrected chi connectivity index (χ4v) is 1.76. The fraction of sp³-hybridized carbons (Fsp3) is 0.308. The molecule has 94 valence electrons. The first kappa shape index (κ1) is 12.3. The van der Waals surface area contributed by atoms with Crippen molar-refractivity contribution in [2.75, 3.05) is 11.5 Å².